The van der Waals surface area contributed by atoms with Crippen molar-refractivity contribution in [3.8, 4) is 5.75 Å². The van der Waals surface area contributed by atoms with Crippen LogP contribution in [0.25, 0.3) is 0 Å². The van der Waals surface area contributed by atoms with E-state index in [4.69, 9.17) is 21.4 Å². The minimum atomic E-state index is -1.03. The molecule has 1 aromatic carbocycles. The van der Waals surface area contributed by atoms with Crippen molar-refractivity contribution in [3.05, 3.63) is 28.3 Å². The standard InChI is InChI=1S/C11H14ClNO3/c1-7-5-9(12)6-8(10(7)16-2)3-4-13-11(14)15/h5-6,13H,3-4H2,1-2H3,(H,14,15). The molecule has 0 aromatic heterocycles. The number of hydrogen-bond donors (Lipinski definition) is 2. The van der Waals surface area contributed by atoms with Crippen LogP contribution in [-0.2, 0) is 6.42 Å². The molecule has 88 valence electrons. The highest BCUT2D eigenvalue weighted by Gasteiger charge is 2.08. The predicted molar refractivity (Wildman–Crippen MR) is 62.5 cm³/mol. The van der Waals surface area contributed by atoms with Crippen molar-refractivity contribution >= 4 is 17.7 Å². The van der Waals surface area contributed by atoms with E-state index in [0.717, 1.165) is 16.9 Å². The highest BCUT2D eigenvalue weighted by atomic mass is 35.5. The van der Waals surface area contributed by atoms with Gasteiger partial charge in [0.15, 0.2) is 0 Å². The molecule has 0 saturated carbocycles. The summed E-state index contributed by atoms with van der Waals surface area (Å²) in [4.78, 5) is 10.3. The zero-order valence-corrected chi connectivity index (χ0v) is 9.97. The first kappa shape index (κ1) is 12.6. The molecule has 0 radical (unpaired) electrons. The maximum Gasteiger partial charge on any atom is 0.404 e. The molecular formula is C11H14ClNO3. The number of rotatable bonds is 4. The molecule has 0 fully saturated rings. The summed E-state index contributed by atoms with van der Waals surface area (Å²) in [5.41, 5.74) is 1.85. The van der Waals surface area contributed by atoms with E-state index in [-0.39, 0.29) is 0 Å². The molecule has 1 rings (SSSR count). The fourth-order valence-electron chi connectivity index (χ4n) is 1.58. The molecule has 0 aliphatic carbocycles. The quantitative estimate of drug-likeness (QED) is 0.854. The number of aryl methyl sites for hydroxylation is 1. The number of amides is 1. The topological polar surface area (TPSA) is 58.6 Å². The van der Waals surface area contributed by atoms with Crippen molar-refractivity contribution in [2.24, 2.45) is 0 Å². The van der Waals surface area contributed by atoms with E-state index in [9.17, 15) is 4.79 Å². The van der Waals surface area contributed by atoms with E-state index in [1.54, 1.807) is 13.2 Å². The van der Waals surface area contributed by atoms with Crippen LogP contribution in [0.5, 0.6) is 5.75 Å². The van der Waals surface area contributed by atoms with Crippen LogP contribution in [0.15, 0.2) is 12.1 Å². The van der Waals surface area contributed by atoms with Crippen molar-refractivity contribution in [1.82, 2.24) is 5.32 Å². The number of carboxylic acid groups (broad SMARTS) is 1. The second kappa shape index (κ2) is 5.61. The highest BCUT2D eigenvalue weighted by molar-refractivity contribution is 6.30. The summed E-state index contributed by atoms with van der Waals surface area (Å²) in [6, 6.07) is 3.60. The van der Waals surface area contributed by atoms with Gasteiger partial charge in [-0.2, -0.15) is 0 Å². The summed E-state index contributed by atoms with van der Waals surface area (Å²) >= 11 is 5.93. The molecule has 16 heavy (non-hydrogen) atoms. The van der Waals surface area contributed by atoms with Crippen molar-refractivity contribution in [2.45, 2.75) is 13.3 Å². The Kier molecular flexibility index (Phi) is 4.43. The van der Waals surface area contributed by atoms with E-state index >= 15 is 0 Å². The molecule has 2 N–H and O–H groups in total. The van der Waals surface area contributed by atoms with E-state index in [0.29, 0.717) is 18.0 Å². The Morgan fingerprint density at radius 3 is 2.81 bits per heavy atom. The van der Waals surface area contributed by atoms with Crippen LogP contribution in [0.1, 0.15) is 11.1 Å². The number of ether oxygens (including phenoxy) is 1. The van der Waals surface area contributed by atoms with Gasteiger partial charge in [-0.05, 0) is 36.6 Å². The first-order valence-electron chi connectivity index (χ1n) is 4.84. The third-order valence-electron chi connectivity index (χ3n) is 2.19. The van der Waals surface area contributed by atoms with Crippen molar-refractivity contribution in [3.63, 3.8) is 0 Å². The van der Waals surface area contributed by atoms with Crippen LogP contribution in [0.3, 0.4) is 0 Å². The molecule has 0 saturated heterocycles. The second-order valence-electron chi connectivity index (χ2n) is 3.40. The molecule has 1 amide bonds. The fraction of sp³-hybridized carbons (Fsp3) is 0.364. The Bertz CT molecular complexity index is 393. The van der Waals surface area contributed by atoms with Crippen LogP contribution >= 0.6 is 11.6 Å². The number of halogens is 1. The highest BCUT2D eigenvalue weighted by Crippen LogP contribution is 2.27. The summed E-state index contributed by atoms with van der Waals surface area (Å²) in [6.45, 7) is 2.24. The van der Waals surface area contributed by atoms with Gasteiger partial charge in [-0.15, -0.1) is 0 Å². The van der Waals surface area contributed by atoms with Crippen LogP contribution in [-0.4, -0.2) is 24.9 Å². The molecular weight excluding hydrogens is 230 g/mol. The lowest BCUT2D eigenvalue weighted by molar-refractivity contribution is 0.194. The first-order valence-corrected chi connectivity index (χ1v) is 5.22. The van der Waals surface area contributed by atoms with E-state index < -0.39 is 6.09 Å². The summed E-state index contributed by atoms with van der Waals surface area (Å²) in [5.74, 6) is 0.761. The monoisotopic (exact) mass is 243 g/mol. The minimum Gasteiger partial charge on any atom is -0.496 e. The van der Waals surface area contributed by atoms with Gasteiger partial charge in [0, 0.05) is 11.6 Å². The van der Waals surface area contributed by atoms with Gasteiger partial charge in [0.1, 0.15) is 5.75 Å². The predicted octanol–water partition coefficient (Wildman–Crippen LogP) is 2.47. The van der Waals surface area contributed by atoms with Gasteiger partial charge >= 0.3 is 6.09 Å². The largest absolute Gasteiger partial charge is 0.496 e. The van der Waals surface area contributed by atoms with Crippen molar-refractivity contribution in [2.75, 3.05) is 13.7 Å². The number of methoxy groups -OCH3 is 1. The lowest BCUT2D eigenvalue weighted by atomic mass is 10.1. The van der Waals surface area contributed by atoms with Gasteiger partial charge in [0.05, 0.1) is 7.11 Å². The third kappa shape index (κ3) is 3.31. The Hall–Kier alpha value is -1.42. The van der Waals surface area contributed by atoms with Crippen LogP contribution in [0.2, 0.25) is 5.02 Å². The molecule has 4 nitrogen and oxygen atoms in total. The molecule has 0 bridgehead atoms. The molecule has 5 heteroatoms. The zero-order valence-electron chi connectivity index (χ0n) is 9.21. The summed E-state index contributed by atoms with van der Waals surface area (Å²) < 4.78 is 5.25. The normalized spacial score (nSPS) is 9.94. The number of carbonyl (C=O) groups is 1. The number of nitrogens with one attached hydrogen (secondary N) is 1. The Balaban J connectivity index is 2.81. The maximum atomic E-state index is 10.3. The average Bonchev–Trinajstić information content (AvgIpc) is 2.16. The van der Waals surface area contributed by atoms with E-state index in [2.05, 4.69) is 5.32 Å². The Morgan fingerprint density at radius 2 is 2.25 bits per heavy atom. The van der Waals surface area contributed by atoms with Gasteiger partial charge < -0.3 is 15.2 Å². The van der Waals surface area contributed by atoms with Crippen molar-refractivity contribution in [1.29, 1.82) is 0 Å². The SMILES string of the molecule is COc1c(C)cc(Cl)cc1CCNC(=O)O. The molecule has 0 aliphatic rings. The van der Waals surface area contributed by atoms with Gasteiger partial charge in [0.25, 0.3) is 0 Å². The van der Waals surface area contributed by atoms with E-state index in [1.165, 1.54) is 0 Å². The molecule has 0 spiro atoms. The second-order valence-corrected chi connectivity index (χ2v) is 3.83. The summed E-state index contributed by atoms with van der Waals surface area (Å²) in [5, 5.41) is 11.4. The molecule has 0 heterocycles. The molecule has 0 unspecified atom stereocenters. The first-order chi connectivity index (χ1) is 7.54. The molecule has 0 atom stereocenters. The number of benzene rings is 1. The fourth-order valence-corrected chi connectivity index (χ4v) is 1.88. The zero-order chi connectivity index (χ0) is 12.1. The molecule has 1 aromatic rings. The van der Waals surface area contributed by atoms with Gasteiger partial charge in [-0.3, -0.25) is 0 Å². The molecule has 0 aliphatic heterocycles. The van der Waals surface area contributed by atoms with Crippen molar-refractivity contribution < 1.29 is 14.6 Å². The van der Waals surface area contributed by atoms with E-state index in [1.807, 2.05) is 13.0 Å². The smallest absolute Gasteiger partial charge is 0.404 e. The van der Waals surface area contributed by atoms with Crippen LogP contribution < -0.4 is 10.1 Å². The Labute approximate surface area is 99.2 Å². The number of hydrogen-bond acceptors (Lipinski definition) is 2. The van der Waals surface area contributed by atoms with Gasteiger partial charge in [0.2, 0.25) is 0 Å². The third-order valence-corrected chi connectivity index (χ3v) is 2.41. The average molecular weight is 244 g/mol. The summed E-state index contributed by atoms with van der Waals surface area (Å²) in [6.07, 6.45) is -0.477. The maximum absolute atomic E-state index is 10.3. The minimum absolute atomic E-state index is 0.339. The van der Waals surface area contributed by atoms with Crippen LogP contribution in [0, 0.1) is 6.92 Å². The van der Waals surface area contributed by atoms with Crippen LogP contribution in [0.4, 0.5) is 4.79 Å². The lowest BCUT2D eigenvalue weighted by Crippen LogP contribution is -2.23. The Morgan fingerprint density at radius 1 is 1.56 bits per heavy atom. The summed E-state index contributed by atoms with van der Waals surface area (Å²) in [7, 11) is 1.59. The van der Waals surface area contributed by atoms with Gasteiger partial charge in [-0.25, -0.2) is 4.79 Å². The van der Waals surface area contributed by atoms with Gasteiger partial charge in [-0.1, -0.05) is 11.6 Å². The lowest BCUT2D eigenvalue weighted by Gasteiger charge is -2.12.